The third-order valence-electron chi connectivity index (χ3n) is 2.62. The fraction of sp³-hybridized carbons (Fsp3) is 0.143. The first-order valence-corrected chi connectivity index (χ1v) is 5.36. The molecule has 2 aromatic rings. The molecule has 86 valence electrons. The summed E-state index contributed by atoms with van der Waals surface area (Å²) in [4.78, 5) is 16.0. The largest absolute Gasteiger partial charge is 0.294 e. The standard InChI is InChI=1S/C14H12FNO/c1-10-5-4-8-16-13(10)9-14(17)11-6-2-3-7-12(11)15/h2-8H,9H2,1H3. The Morgan fingerprint density at radius 2 is 2.00 bits per heavy atom. The minimum absolute atomic E-state index is 0.123. The monoisotopic (exact) mass is 229 g/mol. The summed E-state index contributed by atoms with van der Waals surface area (Å²) in [5.41, 5.74) is 1.76. The summed E-state index contributed by atoms with van der Waals surface area (Å²) < 4.78 is 13.4. The van der Waals surface area contributed by atoms with Crippen molar-refractivity contribution in [1.29, 1.82) is 0 Å². The van der Waals surface area contributed by atoms with E-state index in [1.54, 1.807) is 18.3 Å². The first-order valence-electron chi connectivity index (χ1n) is 5.36. The number of aromatic nitrogens is 1. The van der Waals surface area contributed by atoms with Crippen molar-refractivity contribution < 1.29 is 9.18 Å². The van der Waals surface area contributed by atoms with Crippen LogP contribution in [0.5, 0.6) is 0 Å². The Balaban J connectivity index is 2.24. The molecule has 3 heteroatoms. The summed E-state index contributed by atoms with van der Waals surface area (Å²) in [5, 5.41) is 0. The van der Waals surface area contributed by atoms with Crippen LogP contribution in [0.25, 0.3) is 0 Å². The average Bonchev–Trinajstić information content (AvgIpc) is 2.32. The van der Waals surface area contributed by atoms with Crippen LogP contribution in [0.15, 0.2) is 42.6 Å². The van der Waals surface area contributed by atoms with Crippen molar-refractivity contribution in [1.82, 2.24) is 4.98 Å². The second kappa shape index (κ2) is 4.87. The number of hydrogen-bond acceptors (Lipinski definition) is 2. The molecule has 0 aliphatic rings. The van der Waals surface area contributed by atoms with Crippen molar-refractivity contribution in [2.45, 2.75) is 13.3 Å². The van der Waals surface area contributed by atoms with E-state index in [1.165, 1.54) is 12.1 Å². The van der Waals surface area contributed by atoms with Gasteiger partial charge < -0.3 is 0 Å². The van der Waals surface area contributed by atoms with Crippen LogP contribution >= 0.6 is 0 Å². The molecule has 1 aromatic heterocycles. The number of Topliss-reactive ketones (excluding diaryl/α,β-unsaturated/α-hetero) is 1. The maximum Gasteiger partial charge on any atom is 0.171 e. The molecule has 0 fully saturated rings. The zero-order valence-electron chi connectivity index (χ0n) is 9.48. The maximum atomic E-state index is 13.4. The molecule has 2 rings (SSSR count). The van der Waals surface area contributed by atoms with Gasteiger partial charge in [0.1, 0.15) is 5.82 Å². The van der Waals surface area contributed by atoms with Crippen LogP contribution < -0.4 is 0 Å². The Bertz CT molecular complexity index is 551. The first kappa shape index (κ1) is 11.5. The van der Waals surface area contributed by atoms with Crippen LogP contribution in [-0.4, -0.2) is 10.8 Å². The number of nitrogens with zero attached hydrogens (tertiary/aromatic N) is 1. The van der Waals surface area contributed by atoms with Crippen molar-refractivity contribution in [3.05, 3.63) is 65.2 Å². The van der Waals surface area contributed by atoms with Gasteiger partial charge in [0.25, 0.3) is 0 Å². The number of rotatable bonds is 3. The van der Waals surface area contributed by atoms with E-state index >= 15 is 0 Å². The van der Waals surface area contributed by atoms with Gasteiger partial charge in [-0.25, -0.2) is 4.39 Å². The highest BCUT2D eigenvalue weighted by molar-refractivity contribution is 5.97. The van der Waals surface area contributed by atoms with E-state index in [1.807, 2.05) is 19.1 Å². The van der Waals surface area contributed by atoms with Crippen molar-refractivity contribution in [3.8, 4) is 0 Å². The Kier molecular flexibility index (Phi) is 3.28. The zero-order chi connectivity index (χ0) is 12.3. The van der Waals surface area contributed by atoms with E-state index in [0.29, 0.717) is 5.69 Å². The Morgan fingerprint density at radius 3 is 2.71 bits per heavy atom. The van der Waals surface area contributed by atoms with Crippen LogP contribution in [0.4, 0.5) is 4.39 Å². The number of halogens is 1. The molecular weight excluding hydrogens is 217 g/mol. The van der Waals surface area contributed by atoms with Crippen LogP contribution in [0.2, 0.25) is 0 Å². The molecule has 0 N–H and O–H groups in total. The van der Waals surface area contributed by atoms with Crippen LogP contribution in [0.1, 0.15) is 21.6 Å². The predicted molar refractivity (Wildman–Crippen MR) is 63.4 cm³/mol. The lowest BCUT2D eigenvalue weighted by atomic mass is 10.0. The van der Waals surface area contributed by atoms with Crippen molar-refractivity contribution >= 4 is 5.78 Å². The lowest BCUT2D eigenvalue weighted by Crippen LogP contribution is -2.08. The third-order valence-corrected chi connectivity index (χ3v) is 2.62. The average molecular weight is 229 g/mol. The molecule has 0 saturated carbocycles. The molecule has 0 unspecified atom stereocenters. The first-order chi connectivity index (χ1) is 8.18. The molecule has 2 nitrogen and oxygen atoms in total. The number of carbonyl (C=O) groups excluding carboxylic acids is 1. The van der Waals surface area contributed by atoms with Gasteiger partial charge in [-0.3, -0.25) is 9.78 Å². The SMILES string of the molecule is Cc1cccnc1CC(=O)c1ccccc1F. The molecule has 0 aliphatic carbocycles. The number of ketones is 1. The van der Waals surface area contributed by atoms with E-state index in [2.05, 4.69) is 4.98 Å². The summed E-state index contributed by atoms with van der Waals surface area (Å²) in [5.74, 6) is -0.726. The van der Waals surface area contributed by atoms with Gasteiger partial charge in [0, 0.05) is 6.20 Å². The molecule has 0 aliphatic heterocycles. The van der Waals surface area contributed by atoms with Gasteiger partial charge in [-0.05, 0) is 30.7 Å². The smallest absolute Gasteiger partial charge is 0.171 e. The van der Waals surface area contributed by atoms with E-state index in [4.69, 9.17) is 0 Å². The molecule has 0 bridgehead atoms. The van der Waals surface area contributed by atoms with Gasteiger partial charge in [0.05, 0.1) is 17.7 Å². The van der Waals surface area contributed by atoms with Crippen molar-refractivity contribution in [2.75, 3.05) is 0 Å². The van der Waals surface area contributed by atoms with Crippen molar-refractivity contribution in [2.24, 2.45) is 0 Å². The predicted octanol–water partition coefficient (Wildman–Crippen LogP) is 2.95. The molecule has 17 heavy (non-hydrogen) atoms. The summed E-state index contributed by atoms with van der Waals surface area (Å²) >= 11 is 0. The molecule has 0 spiro atoms. The van der Waals surface area contributed by atoms with Crippen LogP contribution in [-0.2, 0) is 6.42 Å². The fourth-order valence-corrected chi connectivity index (χ4v) is 1.64. The summed E-state index contributed by atoms with van der Waals surface area (Å²) in [7, 11) is 0. The fourth-order valence-electron chi connectivity index (χ4n) is 1.64. The third kappa shape index (κ3) is 2.56. The summed E-state index contributed by atoms with van der Waals surface area (Å²) in [6.45, 7) is 1.89. The quantitative estimate of drug-likeness (QED) is 0.757. The van der Waals surface area contributed by atoms with Crippen molar-refractivity contribution in [3.63, 3.8) is 0 Å². The number of pyridine rings is 1. The van der Waals surface area contributed by atoms with Gasteiger partial charge >= 0.3 is 0 Å². The second-order valence-corrected chi connectivity index (χ2v) is 3.85. The van der Waals surface area contributed by atoms with E-state index in [0.717, 1.165) is 5.56 Å². The Morgan fingerprint density at radius 1 is 1.24 bits per heavy atom. The van der Waals surface area contributed by atoms with Gasteiger partial charge in [-0.2, -0.15) is 0 Å². The molecule has 0 saturated heterocycles. The van der Waals surface area contributed by atoms with Crippen LogP contribution in [0.3, 0.4) is 0 Å². The minimum atomic E-state index is -0.480. The highest BCUT2D eigenvalue weighted by atomic mass is 19.1. The summed E-state index contributed by atoms with van der Waals surface area (Å²) in [6.07, 6.45) is 1.77. The zero-order valence-corrected chi connectivity index (χ0v) is 9.48. The number of hydrogen-bond donors (Lipinski definition) is 0. The molecule has 0 radical (unpaired) electrons. The van der Waals surface area contributed by atoms with Gasteiger partial charge in [0.15, 0.2) is 5.78 Å². The Labute approximate surface area is 99.1 Å². The normalized spacial score (nSPS) is 10.2. The number of aryl methyl sites for hydroxylation is 1. The molecular formula is C14H12FNO. The molecule has 1 heterocycles. The van der Waals surface area contributed by atoms with Gasteiger partial charge in [0.2, 0.25) is 0 Å². The van der Waals surface area contributed by atoms with E-state index in [9.17, 15) is 9.18 Å². The molecule has 1 aromatic carbocycles. The minimum Gasteiger partial charge on any atom is -0.294 e. The topological polar surface area (TPSA) is 30.0 Å². The number of carbonyl (C=O) groups is 1. The van der Waals surface area contributed by atoms with E-state index in [-0.39, 0.29) is 17.8 Å². The highest BCUT2D eigenvalue weighted by Gasteiger charge is 2.13. The lowest BCUT2D eigenvalue weighted by Gasteiger charge is -2.04. The lowest BCUT2D eigenvalue weighted by molar-refractivity contribution is 0.0988. The molecule has 0 atom stereocenters. The number of benzene rings is 1. The van der Waals surface area contributed by atoms with E-state index < -0.39 is 5.82 Å². The van der Waals surface area contributed by atoms with Crippen LogP contribution in [0, 0.1) is 12.7 Å². The van der Waals surface area contributed by atoms with Gasteiger partial charge in [-0.1, -0.05) is 18.2 Å². The van der Waals surface area contributed by atoms with Gasteiger partial charge in [-0.15, -0.1) is 0 Å². The summed E-state index contributed by atoms with van der Waals surface area (Å²) in [6, 6.07) is 9.71. The Hall–Kier alpha value is -2.03. The second-order valence-electron chi connectivity index (χ2n) is 3.85. The molecule has 0 amide bonds. The highest BCUT2D eigenvalue weighted by Crippen LogP contribution is 2.12. The maximum absolute atomic E-state index is 13.4.